The van der Waals surface area contributed by atoms with Crippen molar-refractivity contribution < 1.29 is 8.42 Å². The molecule has 6 nitrogen and oxygen atoms in total. The summed E-state index contributed by atoms with van der Waals surface area (Å²) in [5, 5.41) is 14.0. The Morgan fingerprint density at radius 3 is 2.43 bits per heavy atom. The molecule has 23 heavy (non-hydrogen) atoms. The highest BCUT2D eigenvalue weighted by Gasteiger charge is 2.50. The van der Waals surface area contributed by atoms with Crippen molar-refractivity contribution in [2.75, 3.05) is 7.05 Å². The molecule has 128 valence electrons. The third-order valence-corrected chi connectivity index (χ3v) is 6.93. The highest BCUT2D eigenvalue weighted by Crippen LogP contribution is 2.44. The monoisotopic (exact) mass is 338 g/mol. The van der Waals surface area contributed by atoms with Gasteiger partial charge in [-0.05, 0) is 45.4 Å². The first-order chi connectivity index (χ1) is 10.6. The van der Waals surface area contributed by atoms with Crippen LogP contribution in [0.3, 0.4) is 0 Å². The molecule has 7 heteroatoms. The lowest BCUT2D eigenvalue weighted by Gasteiger charge is -2.32. The van der Waals surface area contributed by atoms with Crippen molar-refractivity contribution >= 4 is 10.0 Å². The topological polar surface area (TPSA) is 79.0 Å². The molecule has 0 radical (unpaired) electrons. The van der Waals surface area contributed by atoms with E-state index in [-0.39, 0.29) is 10.8 Å². The molecule has 1 heterocycles. The van der Waals surface area contributed by atoms with Gasteiger partial charge in [0.1, 0.15) is 10.4 Å². The SMILES string of the molecule is Cc1nn(CC(C)C)c(C)c1S(=O)(=O)N(C)C(C)(C#N)C1CC1. The van der Waals surface area contributed by atoms with Crippen molar-refractivity contribution in [1.82, 2.24) is 14.1 Å². The summed E-state index contributed by atoms with van der Waals surface area (Å²) in [5.74, 6) is 0.482. The molecule has 1 saturated carbocycles. The van der Waals surface area contributed by atoms with Crippen LogP contribution >= 0.6 is 0 Å². The van der Waals surface area contributed by atoms with Gasteiger partial charge in [-0.15, -0.1) is 0 Å². The van der Waals surface area contributed by atoms with Gasteiger partial charge < -0.3 is 0 Å². The van der Waals surface area contributed by atoms with E-state index < -0.39 is 15.6 Å². The van der Waals surface area contributed by atoms with Crippen LogP contribution in [0.1, 0.15) is 45.0 Å². The summed E-state index contributed by atoms with van der Waals surface area (Å²) in [6.07, 6.45) is 1.79. The van der Waals surface area contributed by atoms with Crippen LogP contribution in [0.25, 0.3) is 0 Å². The third-order valence-electron chi connectivity index (χ3n) is 4.72. The minimum Gasteiger partial charge on any atom is -0.268 e. The van der Waals surface area contributed by atoms with Crippen molar-refractivity contribution in [1.29, 1.82) is 5.26 Å². The number of hydrogen-bond acceptors (Lipinski definition) is 4. The molecule has 1 aliphatic carbocycles. The highest BCUT2D eigenvalue weighted by atomic mass is 32.2. The second kappa shape index (κ2) is 5.91. The van der Waals surface area contributed by atoms with Gasteiger partial charge in [0.05, 0.1) is 17.5 Å². The van der Waals surface area contributed by atoms with Gasteiger partial charge in [0.2, 0.25) is 10.0 Å². The number of sulfonamides is 1. The number of rotatable bonds is 6. The maximum absolute atomic E-state index is 13.1. The third kappa shape index (κ3) is 3.02. The summed E-state index contributed by atoms with van der Waals surface area (Å²) in [6.45, 7) is 10.0. The number of nitrogens with zero attached hydrogens (tertiary/aromatic N) is 4. The Labute approximate surface area is 139 Å². The van der Waals surface area contributed by atoms with Gasteiger partial charge in [0.15, 0.2) is 0 Å². The molecule has 1 aromatic heterocycles. The Kier molecular flexibility index (Phi) is 4.62. The summed E-state index contributed by atoms with van der Waals surface area (Å²) < 4.78 is 29.3. The zero-order chi connectivity index (χ0) is 17.6. The number of nitriles is 1. The lowest BCUT2D eigenvalue weighted by atomic mass is 9.99. The molecule has 1 atom stereocenters. The maximum Gasteiger partial charge on any atom is 0.247 e. The Morgan fingerprint density at radius 1 is 1.43 bits per heavy atom. The molecule has 0 aromatic carbocycles. The summed E-state index contributed by atoms with van der Waals surface area (Å²) in [4.78, 5) is 0.239. The fraction of sp³-hybridized carbons (Fsp3) is 0.750. The van der Waals surface area contributed by atoms with E-state index in [0.29, 0.717) is 23.9 Å². The average molecular weight is 338 g/mol. The van der Waals surface area contributed by atoms with Crippen LogP contribution in [0, 0.1) is 37.0 Å². The number of aromatic nitrogens is 2. The van der Waals surface area contributed by atoms with Crippen LogP contribution in [-0.4, -0.2) is 35.1 Å². The van der Waals surface area contributed by atoms with E-state index >= 15 is 0 Å². The van der Waals surface area contributed by atoms with Crippen molar-refractivity contribution in [3.63, 3.8) is 0 Å². The predicted molar refractivity (Wildman–Crippen MR) is 88.2 cm³/mol. The average Bonchev–Trinajstić information content (AvgIpc) is 3.25. The van der Waals surface area contributed by atoms with Crippen LogP contribution in [0.15, 0.2) is 4.90 Å². The van der Waals surface area contributed by atoms with E-state index in [1.165, 1.54) is 11.4 Å². The van der Waals surface area contributed by atoms with E-state index in [1.54, 1.807) is 25.5 Å². The maximum atomic E-state index is 13.1. The van der Waals surface area contributed by atoms with Gasteiger partial charge >= 0.3 is 0 Å². The van der Waals surface area contributed by atoms with Crippen molar-refractivity contribution in [3.8, 4) is 6.07 Å². The zero-order valence-corrected chi connectivity index (χ0v) is 15.6. The molecule has 0 bridgehead atoms. The lowest BCUT2D eigenvalue weighted by Crippen LogP contribution is -2.48. The van der Waals surface area contributed by atoms with E-state index in [4.69, 9.17) is 0 Å². The molecule has 1 aliphatic rings. The van der Waals surface area contributed by atoms with Crippen molar-refractivity contribution in [3.05, 3.63) is 11.4 Å². The van der Waals surface area contributed by atoms with E-state index in [1.807, 2.05) is 0 Å². The summed E-state index contributed by atoms with van der Waals surface area (Å²) in [7, 11) is -2.25. The fourth-order valence-corrected chi connectivity index (χ4v) is 4.88. The summed E-state index contributed by atoms with van der Waals surface area (Å²) in [5.41, 5.74) is 0.128. The Hall–Kier alpha value is -1.39. The van der Waals surface area contributed by atoms with Crippen LogP contribution < -0.4 is 0 Å². The van der Waals surface area contributed by atoms with Crippen molar-refractivity contribution in [2.24, 2.45) is 11.8 Å². The van der Waals surface area contributed by atoms with Crippen LogP contribution in [0.4, 0.5) is 0 Å². The quantitative estimate of drug-likeness (QED) is 0.798. The normalized spacial score (nSPS) is 18.2. The van der Waals surface area contributed by atoms with Gasteiger partial charge in [-0.25, -0.2) is 8.42 Å². The molecule has 1 fully saturated rings. The fourth-order valence-electron chi connectivity index (χ4n) is 3.03. The molecule has 1 unspecified atom stereocenters. The summed E-state index contributed by atoms with van der Waals surface area (Å²) >= 11 is 0. The van der Waals surface area contributed by atoms with Gasteiger partial charge in [0.25, 0.3) is 0 Å². The minimum absolute atomic E-state index is 0.110. The second-order valence-electron chi connectivity index (χ2n) is 7.08. The van der Waals surface area contributed by atoms with E-state index in [0.717, 1.165) is 12.8 Å². The Balaban J connectivity index is 2.48. The molecule has 0 N–H and O–H groups in total. The number of aryl methyl sites for hydroxylation is 1. The number of hydrogen-bond donors (Lipinski definition) is 0. The van der Waals surface area contributed by atoms with Crippen LogP contribution in [0.5, 0.6) is 0 Å². The van der Waals surface area contributed by atoms with Gasteiger partial charge in [-0.2, -0.15) is 14.7 Å². The van der Waals surface area contributed by atoms with Crippen molar-refractivity contribution in [2.45, 2.75) is 64.4 Å². The minimum atomic E-state index is -3.76. The molecular weight excluding hydrogens is 312 g/mol. The Bertz CT molecular complexity index is 741. The molecule has 0 aliphatic heterocycles. The van der Waals surface area contributed by atoms with Gasteiger partial charge in [-0.3, -0.25) is 4.68 Å². The van der Waals surface area contributed by atoms with E-state index in [9.17, 15) is 13.7 Å². The van der Waals surface area contributed by atoms with Crippen LogP contribution in [0.2, 0.25) is 0 Å². The predicted octanol–water partition coefficient (Wildman–Crippen LogP) is 2.47. The van der Waals surface area contributed by atoms with Gasteiger partial charge in [0, 0.05) is 13.6 Å². The Morgan fingerprint density at radius 2 is 2.00 bits per heavy atom. The second-order valence-corrected chi connectivity index (χ2v) is 8.99. The standard InChI is InChI=1S/C16H26N4O2S/c1-11(2)9-20-13(4)15(12(3)18-20)23(21,22)19(6)16(5,10-17)14-7-8-14/h11,14H,7-9H2,1-6H3. The van der Waals surface area contributed by atoms with Crippen LogP contribution in [-0.2, 0) is 16.6 Å². The molecule has 0 amide bonds. The van der Waals surface area contributed by atoms with E-state index in [2.05, 4.69) is 25.0 Å². The molecule has 1 aromatic rings. The van der Waals surface area contributed by atoms with Gasteiger partial charge in [-0.1, -0.05) is 13.8 Å². The summed E-state index contributed by atoms with van der Waals surface area (Å²) in [6, 6.07) is 2.21. The largest absolute Gasteiger partial charge is 0.268 e. The molecule has 0 saturated heterocycles. The highest BCUT2D eigenvalue weighted by molar-refractivity contribution is 7.89. The first-order valence-corrected chi connectivity index (χ1v) is 9.44. The molecule has 0 spiro atoms. The first kappa shape index (κ1) is 18.0. The molecule has 2 rings (SSSR count). The molecular formula is C16H26N4O2S. The smallest absolute Gasteiger partial charge is 0.247 e. The first-order valence-electron chi connectivity index (χ1n) is 8.00. The zero-order valence-electron chi connectivity index (χ0n) is 14.8. The lowest BCUT2D eigenvalue weighted by molar-refractivity contribution is 0.276.